The minimum Gasteiger partial charge on any atom is -0.473 e. The van der Waals surface area contributed by atoms with Gasteiger partial charge in [-0.2, -0.15) is 0 Å². The molecular formula is C30H33N5O4S. The summed E-state index contributed by atoms with van der Waals surface area (Å²) in [7, 11) is 0. The normalized spacial score (nSPS) is 24.7. The van der Waals surface area contributed by atoms with Gasteiger partial charge in [-0.3, -0.25) is 14.4 Å². The summed E-state index contributed by atoms with van der Waals surface area (Å²) in [5.41, 5.74) is 4.24. The summed E-state index contributed by atoms with van der Waals surface area (Å²) >= 11 is 1.57. The van der Waals surface area contributed by atoms with Gasteiger partial charge in [0.05, 0.1) is 16.6 Å². The zero-order valence-electron chi connectivity index (χ0n) is 22.8. The lowest BCUT2D eigenvalue weighted by molar-refractivity contribution is -0.148. The Labute approximate surface area is 237 Å². The predicted octanol–water partition coefficient (Wildman–Crippen LogP) is 3.77. The second kappa shape index (κ2) is 10.3. The van der Waals surface area contributed by atoms with E-state index in [1.54, 1.807) is 34.0 Å². The first-order valence-corrected chi connectivity index (χ1v) is 14.6. The zero-order valence-corrected chi connectivity index (χ0v) is 23.7. The highest BCUT2D eigenvalue weighted by atomic mass is 32.2. The van der Waals surface area contributed by atoms with Gasteiger partial charge < -0.3 is 24.8 Å². The summed E-state index contributed by atoms with van der Waals surface area (Å²) < 4.78 is 5.98. The quantitative estimate of drug-likeness (QED) is 0.535. The average molecular weight is 560 g/mol. The van der Waals surface area contributed by atoms with Gasteiger partial charge in [0.15, 0.2) is 0 Å². The van der Waals surface area contributed by atoms with Crippen LogP contribution in [0.15, 0.2) is 60.1 Å². The van der Waals surface area contributed by atoms with E-state index in [0.717, 1.165) is 22.9 Å². The molecule has 4 aliphatic rings. The summed E-state index contributed by atoms with van der Waals surface area (Å²) in [4.78, 5) is 49.3. The van der Waals surface area contributed by atoms with Crippen LogP contribution in [0.2, 0.25) is 0 Å². The average Bonchev–Trinajstić information content (AvgIpc) is 3.23. The molecule has 6 rings (SSSR count). The van der Waals surface area contributed by atoms with E-state index in [2.05, 4.69) is 39.6 Å². The molecule has 0 radical (unpaired) electrons. The van der Waals surface area contributed by atoms with E-state index in [9.17, 15) is 14.4 Å². The van der Waals surface area contributed by atoms with Crippen molar-refractivity contribution in [2.24, 2.45) is 5.92 Å². The van der Waals surface area contributed by atoms with E-state index in [1.165, 1.54) is 18.1 Å². The van der Waals surface area contributed by atoms with E-state index in [0.29, 0.717) is 37.1 Å². The Balaban J connectivity index is 1.12. The highest BCUT2D eigenvalue weighted by Crippen LogP contribution is 2.41. The number of amides is 3. The first-order chi connectivity index (χ1) is 19.2. The maximum Gasteiger partial charge on any atom is 0.247 e. The Kier molecular flexibility index (Phi) is 6.82. The predicted molar refractivity (Wildman–Crippen MR) is 155 cm³/mol. The van der Waals surface area contributed by atoms with Gasteiger partial charge in [-0.05, 0) is 43.9 Å². The second-order valence-electron chi connectivity index (χ2n) is 11.0. The lowest BCUT2D eigenvalue weighted by atomic mass is 10.1. The number of nitrogens with zero attached hydrogens (tertiary/aromatic N) is 3. The summed E-state index contributed by atoms with van der Waals surface area (Å²) in [6.45, 7) is 6.44. The smallest absolute Gasteiger partial charge is 0.247 e. The molecule has 2 unspecified atom stereocenters. The van der Waals surface area contributed by atoms with E-state index in [1.807, 2.05) is 32.2 Å². The number of H-pyrrole nitrogens is 1. The van der Waals surface area contributed by atoms with Crippen molar-refractivity contribution in [3.05, 3.63) is 65.7 Å². The highest BCUT2D eigenvalue weighted by Gasteiger charge is 2.49. The van der Waals surface area contributed by atoms with Crippen molar-refractivity contribution < 1.29 is 19.1 Å². The lowest BCUT2D eigenvalue weighted by Gasteiger charge is -2.37. The molecule has 3 atom stereocenters. The summed E-state index contributed by atoms with van der Waals surface area (Å²) in [6, 6.07) is 0.763. The standard InChI is InChI=1S/C30H33N5O4S/c1-18(36)34-11-5-8-25(34)29(38)35-26(17-40-30(35,2)3)28(37)31-10-9-20-14-32-24-15-33-27(13-23(20)24)39-16-21-7-4-6-19-12-22(19)21/h4,6-7,9-10,12-15,19,25-26,32H,5,8,11,16-17H2,1-3H3,(H,31,37)/b10-9-/t19-,25?,26?/m1/s1. The van der Waals surface area contributed by atoms with Gasteiger partial charge in [-0.1, -0.05) is 24.3 Å². The number of ether oxygens (including phenoxy) is 1. The molecule has 2 aromatic heterocycles. The third-order valence-corrected chi connectivity index (χ3v) is 9.39. The molecular weight excluding hydrogens is 526 g/mol. The monoisotopic (exact) mass is 559 g/mol. The van der Waals surface area contributed by atoms with Crippen molar-refractivity contribution in [1.82, 2.24) is 25.1 Å². The number of thioether (sulfide) groups is 1. The molecule has 10 heteroatoms. The van der Waals surface area contributed by atoms with Gasteiger partial charge in [0.25, 0.3) is 0 Å². The van der Waals surface area contributed by atoms with Crippen LogP contribution in [0.4, 0.5) is 0 Å². The molecule has 208 valence electrons. The van der Waals surface area contributed by atoms with E-state index < -0.39 is 17.0 Å². The molecule has 0 aromatic carbocycles. The van der Waals surface area contributed by atoms with Crippen molar-refractivity contribution in [3.63, 3.8) is 0 Å². The van der Waals surface area contributed by atoms with Crippen molar-refractivity contribution in [2.75, 3.05) is 18.9 Å². The van der Waals surface area contributed by atoms with Gasteiger partial charge in [-0.15, -0.1) is 11.8 Å². The molecule has 40 heavy (non-hydrogen) atoms. The molecule has 9 nitrogen and oxygen atoms in total. The van der Waals surface area contributed by atoms with Crippen LogP contribution in [0, 0.1) is 5.92 Å². The summed E-state index contributed by atoms with van der Waals surface area (Å²) in [5.74, 6) is 0.982. The van der Waals surface area contributed by atoms with Gasteiger partial charge >= 0.3 is 0 Å². The van der Waals surface area contributed by atoms with Gasteiger partial charge in [-0.25, -0.2) is 4.98 Å². The molecule has 2 aliphatic heterocycles. The topological polar surface area (TPSA) is 108 Å². The molecule has 0 spiro atoms. The summed E-state index contributed by atoms with van der Waals surface area (Å²) in [5, 5.41) is 3.81. The van der Waals surface area contributed by atoms with Crippen molar-refractivity contribution in [1.29, 1.82) is 0 Å². The molecule has 0 bridgehead atoms. The fourth-order valence-corrected chi connectivity index (χ4v) is 7.04. The first-order valence-electron chi connectivity index (χ1n) is 13.6. The number of nitrogens with one attached hydrogen (secondary N) is 2. The van der Waals surface area contributed by atoms with E-state index >= 15 is 0 Å². The molecule has 2 aliphatic carbocycles. The molecule has 3 amide bonds. The number of allylic oxidation sites excluding steroid dienone is 4. The lowest BCUT2D eigenvalue weighted by Crippen LogP contribution is -2.57. The van der Waals surface area contributed by atoms with Crippen molar-refractivity contribution in [2.45, 2.75) is 50.6 Å². The van der Waals surface area contributed by atoms with Crippen LogP contribution >= 0.6 is 11.8 Å². The number of pyridine rings is 1. The number of carbonyl (C=O) groups excluding carboxylic acids is 3. The molecule has 4 heterocycles. The number of rotatable bonds is 7. The van der Waals surface area contributed by atoms with Gasteiger partial charge in [0, 0.05) is 54.6 Å². The number of likely N-dealkylation sites (tertiary alicyclic amines) is 1. The van der Waals surface area contributed by atoms with Crippen LogP contribution in [-0.2, 0) is 14.4 Å². The van der Waals surface area contributed by atoms with Crippen LogP contribution in [-0.4, -0.2) is 73.3 Å². The zero-order chi connectivity index (χ0) is 28.0. The Morgan fingerprint density at radius 3 is 2.98 bits per heavy atom. The van der Waals surface area contributed by atoms with Crippen LogP contribution in [0.25, 0.3) is 17.0 Å². The summed E-state index contributed by atoms with van der Waals surface area (Å²) in [6.07, 6.45) is 17.0. The molecule has 2 N–H and O–H groups in total. The molecule has 2 saturated heterocycles. The Morgan fingerprint density at radius 1 is 1.30 bits per heavy atom. The Hall–Kier alpha value is -3.79. The van der Waals surface area contributed by atoms with Gasteiger partial charge in [0.1, 0.15) is 18.7 Å². The van der Waals surface area contributed by atoms with Crippen LogP contribution in [0.1, 0.15) is 39.2 Å². The fourth-order valence-electron chi connectivity index (χ4n) is 5.82. The Morgan fingerprint density at radius 2 is 2.15 bits per heavy atom. The number of hydrogen-bond acceptors (Lipinski definition) is 6. The fraction of sp³-hybridized carbons (Fsp3) is 0.400. The van der Waals surface area contributed by atoms with E-state index in [-0.39, 0.29) is 17.7 Å². The third kappa shape index (κ3) is 4.96. The molecule has 2 fully saturated rings. The van der Waals surface area contributed by atoms with Crippen molar-refractivity contribution >= 4 is 46.5 Å². The maximum absolute atomic E-state index is 13.6. The van der Waals surface area contributed by atoms with Crippen LogP contribution < -0.4 is 10.1 Å². The minimum atomic E-state index is -0.621. The third-order valence-electron chi connectivity index (χ3n) is 8.00. The SMILES string of the molecule is CC(=O)N1CCCC1C(=O)N1C(C(=O)N/C=C\c2c[nH]c3cnc(OCC4=CC=C[C@@H]5C=C45)cc23)CSC1(C)C. The highest BCUT2D eigenvalue weighted by molar-refractivity contribution is 8.00. The number of aromatic nitrogens is 2. The number of fused-ring (bicyclic) bond motifs is 2. The first kappa shape index (κ1) is 26.4. The second-order valence-corrected chi connectivity index (χ2v) is 12.6. The van der Waals surface area contributed by atoms with Crippen LogP contribution in [0.3, 0.4) is 0 Å². The molecule has 0 saturated carbocycles. The van der Waals surface area contributed by atoms with Crippen molar-refractivity contribution in [3.8, 4) is 5.88 Å². The number of carbonyl (C=O) groups is 3. The number of aromatic amines is 1. The van der Waals surface area contributed by atoms with E-state index in [4.69, 9.17) is 4.74 Å². The Bertz CT molecular complexity index is 1500. The number of hydrogen-bond donors (Lipinski definition) is 2. The maximum atomic E-state index is 13.6. The minimum absolute atomic E-state index is 0.107. The molecule has 2 aromatic rings. The van der Waals surface area contributed by atoms with Gasteiger partial charge in [0.2, 0.25) is 23.6 Å². The largest absolute Gasteiger partial charge is 0.473 e. The van der Waals surface area contributed by atoms with Crippen LogP contribution in [0.5, 0.6) is 5.88 Å².